The highest BCUT2D eigenvalue weighted by Gasteiger charge is 2.16. The normalized spacial score (nSPS) is 12.3. The molecule has 0 amide bonds. The minimum absolute atomic E-state index is 0.493. The van der Waals surface area contributed by atoms with E-state index in [1.54, 1.807) is 13.3 Å². The molecule has 3 heteroatoms. The number of rotatable bonds is 4. The van der Waals surface area contributed by atoms with Gasteiger partial charge in [-0.3, -0.25) is 4.98 Å². The zero-order chi connectivity index (χ0) is 15.6. The quantitative estimate of drug-likeness (QED) is 0.933. The molecule has 21 heavy (non-hydrogen) atoms. The van der Waals surface area contributed by atoms with Crippen LogP contribution >= 0.6 is 0 Å². The molecule has 0 aliphatic carbocycles. The summed E-state index contributed by atoms with van der Waals surface area (Å²) in [4.78, 5) is 4.46. The number of aromatic nitrogens is 1. The molecule has 0 bridgehead atoms. The molecule has 0 aliphatic rings. The van der Waals surface area contributed by atoms with Gasteiger partial charge in [0.15, 0.2) is 0 Å². The molecule has 1 N–H and O–H groups in total. The van der Waals surface area contributed by atoms with Crippen molar-refractivity contribution in [3.63, 3.8) is 0 Å². The van der Waals surface area contributed by atoms with Crippen molar-refractivity contribution >= 4 is 0 Å². The van der Waals surface area contributed by atoms with Crippen molar-refractivity contribution in [1.29, 1.82) is 0 Å². The fourth-order valence-electron chi connectivity index (χ4n) is 2.69. The lowest BCUT2D eigenvalue weighted by atomic mass is 9.96. The van der Waals surface area contributed by atoms with E-state index in [-0.39, 0.29) is 0 Å². The summed E-state index contributed by atoms with van der Waals surface area (Å²) in [7, 11) is 1.67. The SMILES string of the molecule is COc1c(C)cnc(CC(O)c2cc(C)ccc2C)c1C. The number of methoxy groups -OCH3 is 1. The molecule has 2 rings (SSSR count). The molecular weight excluding hydrogens is 262 g/mol. The Morgan fingerprint density at radius 3 is 2.52 bits per heavy atom. The highest BCUT2D eigenvalue weighted by molar-refractivity contribution is 5.42. The van der Waals surface area contributed by atoms with Crippen LogP contribution in [0.1, 0.15) is 39.6 Å². The van der Waals surface area contributed by atoms with Crippen molar-refractivity contribution in [3.8, 4) is 5.75 Å². The maximum atomic E-state index is 10.6. The van der Waals surface area contributed by atoms with Crippen LogP contribution in [0, 0.1) is 27.7 Å². The van der Waals surface area contributed by atoms with Crippen LogP contribution in [0.2, 0.25) is 0 Å². The average molecular weight is 285 g/mol. The van der Waals surface area contributed by atoms with Crippen LogP contribution in [0.3, 0.4) is 0 Å². The topological polar surface area (TPSA) is 42.4 Å². The Hall–Kier alpha value is -1.87. The monoisotopic (exact) mass is 285 g/mol. The molecule has 3 nitrogen and oxygen atoms in total. The first-order valence-electron chi connectivity index (χ1n) is 7.18. The van der Waals surface area contributed by atoms with Crippen molar-refractivity contribution in [2.45, 2.75) is 40.2 Å². The summed E-state index contributed by atoms with van der Waals surface area (Å²) in [6, 6.07) is 6.15. The van der Waals surface area contributed by atoms with E-state index in [2.05, 4.69) is 11.1 Å². The first-order valence-corrected chi connectivity index (χ1v) is 7.18. The van der Waals surface area contributed by atoms with Crippen LogP contribution in [0.25, 0.3) is 0 Å². The predicted octanol–water partition coefficient (Wildman–Crippen LogP) is 3.60. The van der Waals surface area contributed by atoms with Gasteiger partial charge >= 0.3 is 0 Å². The lowest BCUT2D eigenvalue weighted by Gasteiger charge is -2.17. The van der Waals surface area contributed by atoms with Gasteiger partial charge in [-0.15, -0.1) is 0 Å². The number of aryl methyl sites for hydroxylation is 3. The minimum atomic E-state index is -0.552. The summed E-state index contributed by atoms with van der Waals surface area (Å²) >= 11 is 0. The fourth-order valence-corrected chi connectivity index (χ4v) is 2.69. The fraction of sp³-hybridized carbons (Fsp3) is 0.389. The number of aliphatic hydroxyl groups is 1. The van der Waals surface area contributed by atoms with Crippen LogP contribution in [0.15, 0.2) is 24.4 Å². The van der Waals surface area contributed by atoms with E-state index in [1.807, 2.05) is 39.8 Å². The van der Waals surface area contributed by atoms with Gasteiger partial charge in [0.2, 0.25) is 0 Å². The highest BCUT2D eigenvalue weighted by Crippen LogP contribution is 2.28. The van der Waals surface area contributed by atoms with Gasteiger partial charge in [0.05, 0.1) is 13.2 Å². The third-order valence-electron chi connectivity index (χ3n) is 3.93. The molecule has 1 heterocycles. The minimum Gasteiger partial charge on any atom is -0.496 e. The number of aliphatic hydroxyl groups excluding tert-OH is 1. The zero-order valence-electron chi connectivity index (χ0n) is 13.4. The standard InChI is InChI=1S/C18H23NO2/c1-11-6-7-12(2)15(8-11)17(20)9-16-14(4)18(21-5)13(3)10-19-16/h6-8,10,17,20H,9H2,1-5H3. The van der Waals surface area contributed by atoms with E-state index in [1.165, 1.54) is 0 Å². The van der Waals surface area contributed by atoms with Crippen LogP contribution in [-0.4, -0.2) is 17.2 Å². The second-order valence-corrected chi connectivity index (χ2v) is 5.63. The Morgan fingerprint density at radius 1 is 1.14 bits per heavy atom. The number of nitrogens with zero attached hydrogens (tertiary/aromatic N) is 1. The highest BCUT2D eigenvalue weighted by atomic mass is 16.5. The smallest absolute Gasteiger partial charge is 0.128 e. The Bertz CT molecular complexity index is 650. The predicted molar refractivity (Wildman–Crippen MR) is 84.8 cm³/mol. The number of benzene rings is 1. The first-order chi connectivity index (χ1) is 9.93. The molecule has 0 aliphatic heterocycles. The lowest BCUT2D eigenvalue weighted by Crippen LogP contribution is -2.08. The van der Waals surface area contributed by atoms with Crippen molar-refractivity contribution in [2.24, 2.45) is 0 Å². The van der Waals surface area contributed by atoms with Gasteiger partial charge in [0.25, 0.3) is 0 Å². The molecule has 0 radical (unpaired) electrons. The van der Waals surface area contributed by atoms with Gasteiger partial charge in [0, 0.05) is 29.4 Å². The van der Waals surface area contributed by atoms with Gasteiger partial charge < -0.3 is 9.84 Å². The van der Waals surface area contributed by atoms with Crippen LogP contribution in [0.4, 0.5) is 0 Å². The Kier molecular flexibility index (Phi) is 4.63. The molecular formula is C18H23NO2. The molecule has 1 aromatic carbocycles. The van der Waals surface area contributed by atoms with E-state index < -0.39 is 6.10 Å². The van der Waals surface area contributed by atoms with E-state index in [9.17, 15) is 5.11 Å². The number of ether oxygens (including phenoxy) is 1. The molecule has 2 aromatic rings. The molecule has 0 saturated carbocycles. The van der Waals surface area contributed by atoms with Crippen LogP contribution in [0.5, 0.6) is 5.75 Å². The molecule has 1 unspecified atom stereocenters. The van der Waals surface area contributed by atoms with Gasteiger partial charge in [-0.05, 0) is 38.8 Å². The summed E-state index contributed by atoms with van der Waals surface area (Å²) in [6.45, 7) is 8.02. The van der Waals surface area contributed by atoms with Gasteiger partial charge in [-0.2, -0.15) is 0 Å². The molecule has 0 fully saturated rings. The number of hydrogen-bond acceptors (Lipinski definition) is 3. The summed E-state index contributed by atoms with van der Waals surface area (Å²) < 4.78 is 5.42. The van der Waals surface area contributed by atoms with E-state index >= 15 is 0 Å². The number of hydrogen-bond donors (Lipinski definition) is 1. The first kappa shape index (κ1) is 15.5. The third kappa shape index (κ3) is 3.24. The Balaban J connectivity index is 2.32. The summed E-state index contributed by atoms with van der Waals surface area (Å²) in [6.07, 6.45) is 1.74. The molecule has 0 saturated heterocycles. The molecule has 1 aromatic heterocycles. The van der Waals surface area contributed by atoms with Crippen molar-refractivity contribution in [1.82, 2.24) is 4.98 Å². The Morgan fingerprint density at radius 2 is 1.86 bits per heavy atom. The van der Waals surface area contributed by atoms with E-state index in [0.717, 1.165) is 39.3 Å². The van der Waals surface area contributed by atoms with Crippen molar-refractivity contribution < 1.29 is 9.84 Å². The second-order valence-electron chi connectivity index (χ2n) is 5.63. The lowest BCUT2D eigenvalue weighted by molar-refractivity contribution is 0.176. The number of pyridine rings is 1. The summed E-state index contributed by atoms with van der Waals surface area (Å²) in [5.74, 6) is 0.855. The van der Waals surface area contributed by atoms with Crippen molar-refractivity contribution in [2.75, 3.05) is 7.11 Å². The zero-order valence-corrected chi connectivity index (χ0v) is 13.4. The van der Waals surface area contributed by atoms with E-state index in [4.69, 9.17) is 4.74 Å². The molecule has 1 atom stereocenters. The second kappa shape index (κ2) is 6.27. The summed E-state index contributed by atoms with van der Waals surface area (Å²) in [5.41, 5.74) is 6.12. The average Bonchev–Trinajstić information content (AvgIpc) is 2.45. The Labute approximate surface area is 126 Å². The third-order valence-corrected chi connectivity index (χ3v) is 3.93. The maximum absolute atomic E-state index is 10.6. The van der Waals surface area contributed by atoms with Crippen molar-refractivity contribution in [3.05, 3.63) is 57.9 Å². The van der Waals surface area contributed by atoms with Gasteiger partial charge in [-0.25, -0.2) is 0 Å². The largest absolute Gasteiger partial charge is 0.496 e. The van der Waals surface area contributed by atoms with Gasteiger partial charge in [-0.1, -0.05) is 23.8 Å². The van der Waals surface area contributed by atoms with Crippen LogP contribution in [-0.2, 0) is 6.42 Å². The summed E-state index contributed by atoms with van der Waals surface area (Å²) in [5, 5.41) is 10.6. The molecule has 0 spiro atoms. The molecule has 112 valence electrons. The van der Waals surface area contributed by atoms with Crippen LogP contribution < -0.4 is 4.74 Å². The van der Waals surface area contributed by atoms with Gasteiger partial charge in [0.1, 0.15) is 5.75 Å². The maximum Gasteiger partial charge on any atom is 0.128 e. The van der Waals surface area contributed by atoms with E-state index in [0.29, 0.717) is 6.42 Å².